The van der Waals surface area contributed by atoms with Crippen molar-refractivity contribution >= 4 is 68.2 Å². The molecule has 3 aliphatic heterocycles. The van der Waals surface area contributed by atoms with Crippen molar-refractivity contribution in [3.8, 4) is 22.8 Å². The zero-order valence-corrected chi connectivity index (χ0v) is 34.4. The molecule has 1 aromatic heterocycles. The predicted molar refractivity (Wildman–Crippen MR) is 233 cm³/mol. The van der Waals surface area contributed by atoms with Crippen LogP contribution in [0, 0.1) is 5.82 Å². The molecule has 14 heteroatoms. The van der Waals surface area contributed by atoms with Crippen molar-refractivity contribution in [3.63, 3.8) is 0 Å². The Morgan fingerprint density at radius 1 is 0.966 bits per heavy atom. The van der Waals surface area contributed by atoms with Gasteiger partial charge in [-0.25, -0.2) is 14.2 Å². The molecular formula is C45H42Cl2FN7O4. The topological polar surface area (TPSA) is 117 Å². The number of rotatable bonds is 6. The fourth-order valence-corrected chi connectivity index (χ4v) is 7.82. The molecule has 59 heavy (non-hydrogen) atoms. The Morgan fingerprint density at radius 3 is 2.32 bits per heavy atom. The number of anilines is 3. The number of halogens is 3. The number of aromatic carboxylic acids is 1. The van der Waals surface area contributed by atoms with Crippen molar-refractivity contribution in [1.29, 1.82) is 0 Å². The molecular weight excluding hydrogens is 792 g/mol. The van der Waals surface area contributed by atoms with Crippen LogP contribution in [0.5, 0.6) is 5.75 Å². The number of nitrogens with zero attached hydrogens (tertiary/aromatic N) is 6. The second kappa shape index (κ2) is 16.4. The first-order valence-corrected chi connectivity index (χ1v) is 20.1. The van der Waals surface area contributed by atoms with E-state index in [4.69, 9.17) is 37.9 Å². The van der Waals surface area contributed by atoms with Gasteiger partial charge in [0.2, 0.25) is 5.43 Å². The third-order valence-electron chi connectivity index (χ3n) is 10.5. The second-order valence-corrected chi connectivity index (χ2v) is 16.0. The van der Waals surface area contributed by atoms with Crippen LogP contribution in [-0.4, -0.2) is 76.0 Å². The molecule has 0 amide bonds. The van der Waals surface area contributed by atoms with Gasteiger partial charge >= 0.3 is 5.97 Å². The van der Waals surface area contributed by atoms with E-state index in [-0.39, 0.29) is 29.6 Å². The van der Waals surface area contributed by atoms with Crippen LogP contribution >= 0.6 is 23.2 Å². The highest BCUT2D eigenvalue weighted by Crippen LogP contribution is 2.42. The minimum atomic E-state index is -1.32. The highest BCUT2D eigenvalue weighted by atomic mass is 35.5. The van der Waals surface area contributed by atoms with Gasteiger partial charge in [0.15, 0.2) is 11.6 Å². The lowest BCUT2D eigenvalue weighted by atomic mass is 10.1. The molecule has 1 fully saturated rings. The van der Waals surface area contributed by atoms with Crippen LogP contribution in [0.2, 0.25) is 10.0 Å². The van der Waals surface area contributed by atoms with Gasteiger partial charge in [-0.2, -0.15) is 0 Å². The Balaban J connectivity index is 0.000000169. The first-order valence-electron chi connectivity index (χ1n) is 19.3. The number of likely N-dealkylation sites (N-methyl/N-ethyl adjacent to an activating group) is 1. The molecule has 0 spiro atoms. The smallest absolute Gasteiger partial charge is 0.341 e. The van der Waals surface area contributed by atoms with Gasteiger partial charge in [0.1, 0.15) is 17.9 Å². The van der Waals surface area contributed by atoms with E-state index in [1.807, 2.05) is 85.6 Å². The fourth-order valence-electron chi connectivity index (χ4n) is 7.57. The zero-order valence-electron chi connectivity index (χ0n) is 32.9. The lowest BCUT2D eigenvalue weighted by Gasteiger charge is -2.37. The Bertz CT molecular complexity index is 2820. The van der Waals surface area contributed by atoms with E-state index in [2.05, 4.69) is 46.8 Å². The summed E-state index contributed by atoms with van der Waals surface area (Å²) in [6.45, 7) is 9.22. The maximum Gasteiger partial charge on any atom is 0.341 e. The van der Waals surface area contributed by atoms with Gasteiger partial charge < -0.3 is 34.1 Å². The van der Waals surface area contributed by atoms with Crippen molar-refractivity contribution in [2.45, 2.75) is 32.9 Å². The number of fused-ring (bicyclic) bond motifs is 2. The normalized spacial score (nSPS) is 15.7. The Morgan fingerprint density at radius 2 is 1.64 bits per heavy atom. The molecule has 0 unspecified atom stereocenters. The molecule has 1 saturated heterocycles. The number of piperazine rings is 1. The van der Waals surface area contributed by atoms with E-state index < -0.39 is 17.2 Å². The standard InChI is InChI=1S/C27H22Cl2N4.C18H20FN3O4/c1-17(2)30-24-16-27-25(15-23(24)31-20-11-7-18(28)8-12-20)32-22-5-3-4-6-26(22)33(27)21-13-9-19(29)10-14-21;1-10-9-26-17-14-11(16(23)12(18(24)25)8-22(10)14)7-13(19)15(17)21-5-3-20(2)4-6-21/h3-17,31H,1-2H3;7-8,10H,3-6,9H2,1-2H3,(H,24,25)/t;10-/m.0/s1. The summed E-state index contributed by atoms with van der Waals surface area (Å²) in [5.41, 5.74) is 6.37. The number of benzene rings is 5. The van der Waals surface area contributed by atoms with Crippen LogP contribution in [0.4, 0.5) is 21.5 Å². The summed E-state index contributed by atoms with van der Waals surface area (Å²) in [5, 5.41) is 15.1. The maximum atomic E-state index is 15.0. The van der Waals surface area contributed by atoms with Gasteiger partial charge in [-0.05, 0) is 107 Å². The van der Waals surface area contributed by atoms with Gasteiger partial charge in [-0.3, -0.25) is 9.79 Å². The van der Waals surface area contributed by atoms with Crippen LogP contribution in [0.1, 0.15) is 37.2 Å². The van der Waals surface area contributed by atoms with Crippen LogP contribution < -0.4 is 25.7 Å². The van der Waals surface area contributed by atoms with Gasteiger partial charge in [0.05, 0.1) is 50.4 Å². The average molecular weight is 835 g/mol. The van der Waals surface area contributed by atoms with Crippen LogP contribution in [-0.2, 0) is 0 Å². The Kier molecular flexibility index (Phi) is 11.1. The first kappa shape index (κ1) is 39.9. The second-order valence-electron chi connectivity index (χ2n) is 15.1. The molecule has 4 heterocycles. The van der Waals surface area contributed by atoms with Crippen molar-refractivity contribution in [2.75, 3.05) is 50.1 Å². The number of pyridine rings is 1. The van der Waals surface area contributed by atoms with Gasteiger partial charge in [0, 0.05) is 59.8 Å². The molecule has 9 rings (SSSR count). The maximum absolute atomic E-state index is 15.0. The molecule has 1 aliphatic carbocycles. The molecule has 4 aliphatic rings. The largest absolute Gasteiger partial charge is 0.487 e. The molecule has 0 saturated carbocycles. The minimum Gasteiger partial charge on any atom is -0.487 e. The fraction of sp³-hybridized carbons (Fsp3) is 0.244. The van der Waals surface area contributed by atoms with E-state index in [1.54, 1.807) is 4.57 Å². The van der Waals surface area contributed by atoms with Crippen molar-refractivity contribution in [1.82, 2.24) is 19.0 Å². The van der Waals surface area contributed by atoms with Crippen LogP contribution in [0.3, 0.4) is 0 Å². The lowest BCUT2D eigenvalue weighted by molar-refractivity contribution is 0.0694. The van der Waals surface area contributed by atoms with Gasteiger partial charge in [-0.1, -0.05) is 35.3 Å². The zero-order chi connectivity index (χ0) is 41.5. The summed E-state index contributed by atoms with van der Waals surface area (Å²) in [7, 11) is 2.02. The van der Waals surface area contributed by atoms with E-state index >= 15 is 0 Å². The molecule has 302 valence electrons. The summed E-state index contributed by atoms with van der Waals surface area (Å²) in [6, 6.07) is 28.9. The highest BCUT2D eigenvalue weighted by Gasteiger charge is 2.31. The van der Waals surface area contributed by atoms with E-state index in [1.165, 1.54) is 6.20 Å². The number of para-hydroxylation sites is 2. The Labute approximate surface area is 349 Å². The summed E-state index contributed by atoms with van der Waals surface area (Å²) in [6.07, 6.45) is 1.34. The number of aromatic nitrogens is 3. The quantitative estimate of drug-likeness (QED) is 0.160. The van der Waals surface area contributed by atoms with Gasteiger partial charge in [-0.15, -0.1) is 0 Å². The molecule has 2 N–H and O–H groups in total. The lowest BCUT2D eigenvalue weighted by Crippen LogP contribution is -2.45. The van der Waals surface area contributed by atoms with Crippen molar-refractivity contribution in [3.05, 3.63) is 134 Å². The number of carboxylic acids is 1. The van der Waals surface area contributed by atoms with E-state index in [0.29, 0.717) is 40.1 Å². The van der Waals surface area contributed by atoms with Crippen molar-refractivity contribution in [2.24, 2.45) is 4.99 Å². The molecule has 1 atom stereocenters. The number of carbonyl (C=O) groups is 1. The van der Waals surface area contributed by atoms with Gasteiger partial charge in [0.25, 0.3) is 0 Å². The van der Waals surface area contributed by atoms with Crippen LogP contribution in [0.15, 0.2) is 107 Å². The van der Waals surface area contributed by atoms with E-state index in [0.717, 1.165) is 64.0 Å². The first-order chi connectivity index (χ1) is 28.4. The molecule has 0 radical (unpaired) electrons. The summed E-state index contributed by atoms with van der Waals surface area (Å²) >= 11 is 12.2. The molecule has 4 aromatic carbocycles. The number of hydrogen-bond donors (Lipinski definition) is 2. The minimum absolute atomic E-state index is 0.0434. The van der Waals surface area contributed by atoms with Crippen LogP contribution in [0.25, 0.3) is 39.0 Å². The number of hydrogen-bond acceptors (Lipinski definition) is 8. The van der Waals surface area contributed by atoms with Crippen molar-refractivity contribution < 1.29 is 19.0 Å². The molecule has 5 aromatic rings. The Hall–Kier alpha value is -5.95. The summed E-state index contributed by atoms with van der Waals surface area (Å²) < 4.78 is 24.8. The molecule has 11 nitrogen and oxygen atoms in total. The number of nitrogens with one attached hydrogen (secondary N) is 1. The third kappa shape index (κ3) is 7.95. The van der Waals surface area contributed by atoms with E-state index in [9.17, 15) is 19.1 Å². The summed E-state index contributed by atoms with van der Waals surface area (Å²) in [5.74, 6) is -1.54. The number of carboxylic acid groups (broad SMARTS) is 1. The summed E-state index contributed by atoms with van der Waals surface area (Å²) in [4.78, 5) is 38.0. The predicted octanol–water partition coefficient (Wildman–Crippen LogP) is 9.03. The molecule has 0 bridgehead atoms. The monoisotopic (exact) mass is 833 g/mol. The highest BCUT2D eigenvalue weighted by molar-refractivity contribution is 6.30. The number of ether oxygens (including phenoxy) is 1. The SMILES string of the molecule is CC(C)N=c1cc2n(-c3ccc(Cl)cc3)c3ccccc3nc-2cc1Nc1ccc(Cl)cc1.C[C@H]1COc2c(N3CCN(C)CC3)c(F)cc3c(=O)c(C(=O)O)cn1c23. The average Bonchev–Trinajstić information content (AvgIpc) is 3.21. The third-order valence-corrected chi connectivity index (χ3v) is 11.0.